The molecule has 7 rings (SSSR count). The highest BCUT2D eigenvalue weighted by Crippen LogP contribution is 2.45. The van der Waals surface area contributed by atoms with Crippen LogP contribution in [0, 0.1) is 20.8 Å². The zero-order valence-corrected chi connectivity index (χ0v) is 27.4. The van der Waals surface area contributed by atoms with Crippen molar-refractivity contribution >= 4 is 51.3 Å². The van der Waals surface area contributed by atoms with E-state index in [4.69, 9.17) is 9.72 Å². The third-order valence-corrected chi connectivity index (χ3v) is 10.1. The molecular formula is C36H29N5O4S2. The number of ether oxygens (including phenoxy) is 1. The van der Waals surface area contributed by atoms with Crippen molar-refractivity contribution in [3.05, 3.63) is 136 Å². The summed E-state index contributed by atoms with van der Waals surface area (Å²) in [5, 5.41) is 20.8. The number of nitrogens with zero attached hydrogens (tertiary/aromatic N) is 5. The van der Waals surface area contributed by atoms with Gasteiger partial charge in [0, 0.05) is 11.9 Å². The predicted octanol–water partition coefficient (Wildman–Crippen LogP) is 7.82. The van der Waals surface area contributed by atoms with Crippen molar-refractivity contribution in [1.29, 1.82) is 0 Å². The van der Waals surface area contributed by atoms with Crippen LogP contribution in [0.15, 0.2) is 107 Å². The molecule has 6 aromatic rings. The number of hydrogen-bond donors (Lipinski definition) is 1. The molecule has 1 aliphatic heterocycles. The van der Waals surface area contributed by atoms with Gasteiger partial charge in [-0.2, -0.15) is 0 Å². The second kappa shape index (κ2) is 12.5. The topological polar surface area (TPSA) is 110 Å². The van der Waals surface area contributed by atoms with Gasteiger partial charge in [0.05, 0.1) is 17.3 Å². The first-order valence-electron chi connectivity index (χ1n) is 14.9. The molecule has 9 nitrogen and oxygen atoms in total. The number of aromatic nitrogens is 4. The average molecular weight is 660 g/mol. The maximum atomic E-state index is 13.9. The van der Waals surface area contributed by atoms with Crippen LogP contribution in [0.1, 0.15) is 39.7 Å². The highest BCUT2D eigenvalue weighted by Gasteiger charge is 2.49. The van der Waals surface area contributed by atoms with E-state index in [0.717, 1.165) is 11.1 Å². The molecule has 0 spiro atoms. The second-order valence-corrected chi connectivity index (χ2v) is 13.4. The third-order valence-electron chi connectivity index (χ3n) is 7.99. The molecule has 11 heteroatoms. The molecule has 1 unspecified atom stereocenters. The van der Waals surface area contributed by atoms with Crippen LogP contribution in [0.2, 0.25) is 0 Å². The lowest BCUT2D eigenvalue weighted by molar-refractivity contribution is -0.132. The van der Waals surface area contributed by atoms with E-state index in [9.17, 15) is 14.7 Å². The van der Waals surface area contributed by atoms with Gasteiger partial charge in [0.2, 0.25) is 5.13 Å². The Bertz CT molecular complexity index is 2170. The van der Waals surface area contributed by atoms with Crippen molar-refractivity contribution in [2.24, 2.45) is 0 Å². The lowest BCUT2D eigenvalue weighted by Crippen LogP contribution is -2.29. The van der Waals surface area contributed by atoms with Crippen molar-refractivity contribution < 1.29 is 19.4 Å². The summed E-state index contributed by atoms with van der Waals surface area (Å²) >= 11 is 2.72. The SMILES string of the molecule is Cc1ccc(CSc2nnc(N3C(=O)C(=O)C(=C(O)c4nc5c(C)cccn5c4C)C3c3cccc(Oc4ccccc4)c3)s2)cc1. The van der Waals surface area contributed by atoms with Gasteiger partial charge in [0.15, 0.2) is 10.1 Å². The number of para-hydroxylation sites is 1. The minimum absolute atomic E-state index is 0.0833. The molecule has 1 amide bonds. The van der Waals surface area contributed by atoms with Crippen molar-refractivity contribution in [1.82, 2.24) is 19.6 Å². The first-order valence-corrected chi connectivity index (χ1v) is 16.7. The molecule has 47 heavy (non-hydrogen) atoms. The van der Waals surface area contributed by atoms with Gasteiger partial charge in [0.25, 0.3) is 5.78 Å². The second-order valence-electron chi connectivity index (χ2n) is 11.2. The van der Waals surface area contributed by atoms with Crippen LogP contribution in [0.5, 0.6) is 11.5 Å². The van der Waals surface area contributed by atoms with Crippen LogP contribution in [0.4, 0.5) is 5.13 Å². The highest BCUT2D eigenvalue weighted by atomic mass is 32.2. The van der Waals surface area contributed by atoms with Crippen LogP contribution in [-0.4, -0.2) is 36.4 Å². The summed E-state index contributed by atoms with van der Waals surface area (Å²) in [7, 11) is 0. The van der Waals surface area contributed by atoms with E-state index in [1.54, 1.807) is 24.3 Å². The number of anilines is 1. The normalized spacial score (nSPS) is 15.9. The lowest BCUT2D eigenvalue weighted by Gasteiger charge is -2.23. The van der Waals surface area contributed by atoms with Crippen LogP contribution >= 0.6 is 23.1 Å². The highest BCUT2D eigenvalue weighted by molar-refractivity contribution is 8.00. The number of fused-ring (bicyclic) bond motifs is 1. The summed E-state index contributed by atoms with van der Waals surface area (Å²) in [6, 6.07) is 27.5. The molecule has 0 aliphatic carbocycles. The van der Waals surface area contributed by atoms with E-state index in [2.05, 4.69) is 34.5 Å². The minimum atomic E-state index is -1.01. The molecular weight excluding hydrogens is 631 g/mol. The fourth-order valence-electron chi connectivity index (χ4n) is 5.58. The van der Waals surface area contributed by atoms with Crippen LogP contribution in [0.3, 0.4) is 0 Å². The van der Waals surface area contributed by atoms with Gasteiger partial charge >= 0.3 is 5.91 Å². The number of amides is 1. The van der Waals surface area contributed by atoms with Gasteiger partial charge in [-0.15, -0.1) is 10.2 Å². The van der Waals surface area contributed by atoms with E-state index < -0.39 is 17.7 Å². The number of carbonyl (C=O) groups excluding carboxylic acids is 2. The van der Waals surface area contributed by atoms with Crippen LogP contribution in [0.25, 0.3) is 11.4 Å². The smallest absolute Gasteiger partial charge is 0.301 e. The molecule has 1 fully saturated rings. The molecule has 1 saturated heterocycles. The molecule has 0 bridgehead atoms. The van der Waals surface area contributed by atoms with Crippen molar-refractivity contribution in [3.8, 4) is 11.5 Å². The lowest BCUT2D eigenvalue weighted by atomic mass is 9.96. The summed E-state index contributed by atoms with van der Waals surface area (Å²) in [5.74, 6) is -0.194. The quantitative estimate of drug-likeness (QED) is 0.0579. The largest absolute Gasteiger partial charge is 0.505 e. The molecule has 3 aromatic carbocycles. The Morgan fingerprint density at radius 1 is 0.915 bits per heavy atom. The number of Topliss-reactive ketones (excluding diaryl/α,β-unsaturated/α-hetero) is 1. The Kier molecular flexibility index (Phi) is 8.09. The first-order chi connectivity index (χ1) is 22.8. The van der Waals surface area contributed by atoms with Crippen molar-refractivity contribution in [3.63, 3.8) is 0 Å². The number of benzene rings is 3. The molecule has 3 aromatic heterocycles. The molecule has 0 radical (unpaired) electrons. The van der Waals surface area contributed by atoms with E-state index in [0.29, 0.717) is 38.5 Å². The Morgan fingerprint density at radius 3 is 2.45 bits per heavy atom. The summed E-state index contributed by atoms with van der Waals surface area (Å²) in [6.07, 6.45) is 1.85. The number of aliphatic hydroxyl groups excluding tert-OH is 1. The van der Waals surface area contributed by atoms with E-state index in [1.807, 2.05) is 73.8 Å². The summed E-state index contributed by atoms with van der Waals surface area (Å²) in [5.41, 5.74) is 5.20. The van der Waals surface area contributed by atoms with Crippen molar-refractivity contribution in [2.75, 3.05) is 4.90 Å². The zero-order valence-electron chi connectivity index (χ0n) is 25.7. The Hall–Kier alpha value is -5.26. The minimum Gasteiger partial charge on any atom is -0.505 e. The monoisotopic (exact) mass is 659 g/mol. The number of carbonyl (C=O) groups is 2. The van der Waals surface area contributed by atoms with E-state index in [1.165, 1.54) is 33.6 Å². The number of aryl methyl sites for hydroxylation is 3. The molecule has 234 valence electrons. The van der Waals surface area contributed by atoms with E-state index in [-0.39, 0.29) is 22.2 Å². The Labute approximate surface area is 279 Å². The van der Waals surface area contributed by atoms with Crippen molar-refractivity contribution in [2.45, 2.75) is 36.9 Å². The third kappa shape index (κ3) is 5.79. The van der Waals surface area contributed by atoms with Gasteiger partial charge in [-0.05, 0) is 67.8 Å². The number of pyridine rings is 1. The molecule has 1 aliphatic rings. The van der Waals surface area contributed by atoms with E-state index >= 15 is 0 Å². The van der Waals surface area contributed by atoms with Gasteiger partial charge in [-0.3, -0.25) is 14.5 Å². The maximum absolute atomic E-state index is 13.9. The molecule has 0 saturated carbocycles. The standard InChI is InChI=1S/C36H29N5O4S2/c1-21-14-16-24(17-15-21)20-46-36-39-38-35(47-36)41-30(25-10-7-13-27(19-25)45-26-11-5-4-6-12-26)28(32(43)34(41)44)31(42)29-23(3)40-18-8-9-22(2)33(40)37-29/h4-19,30,42H,20H2,1-3H3. The zero-order chi connectivity index (χ0) is 32.7. The number of imidazole rings is 1. The summed E-state index contributed by atoms with van der Waals surface area (Å²) in [4.78, 5) is 33.7. The fourth-order valence-corrected chi connectivity index (χ4v) is 7.40. The van der Waals surface area contributed by atoms with Crippen LogP contribution in [-0.2, 0) is 15.3 Å². The van der Waals surface area contributed by atoms with Gasteiger partial charge in [0.1, 0.15) is 22.8 Å². The number of hydrogen-bond acceptors (Lipinski definition) is 9. The molecule has 1 N–H and O–H groups in total. The van der Waals surface area contributed by atoms with Crippen LogP contribution < -0.4 is 9.64 Å². The van der Waals surface area contributed by atoms with Gasteiger partial charge in [-0.1, -0.05) is 89.3 Å². The number of ketones is 1. The summed E-state index contributed by atoms with van der Waals surface area (Å²) < 4.78 is 8.60. The van der Waals surface area contributed by atoms with Gasteiger partial charge < -0.3 is 14.2 Å². The van der Waals surface area contributed by atoms with Gasteiger partial charge in [-0.25, -0.2) is 4.98 Å². The Morgan fingerprint density at radius 2 is 1.68 bits per heavy atom. The number of thioether (sulfide) groups is 1. The number of aliphatic hydroxyl groups is 1. The molecule has 4 heterocycles. The number of rotatable bonds is 8. The summed E-state index contributed by atoms with van der Waals surface area (Å²) in [6.45, 7) is 5.78. The average Bonchev–Trinajstić information content (AvgIpc) is 3.76. The Balaban J connectivity index is 1.32. The maximum Gasteiger partial charge on any atom is 0.301 e. The fraction of sp³-hybridized carbons (Fsp3) is 0.139. The predicted molar refractivity (Wildman–Crippen MR) is 183 cm³/mol. The molecule has 1 atom stereocenters. The first kappa shape index (κ1) is 30.4.